The van der Waals surface area contributed by atoms with E-state index >= 15 is 0 Å². The highest BCUT2D eigenvalue weighted by Crippen LogP contribution is 2.23. The van der Waals surface area contributed by atoms with Gasteiger partial charge in [0.05, 0.1) is 10.5 Å². The molecule has 0 radical (unpaired) electrons. The Morgan fingerprint density at radius 3 is 2.76 bits per heavy atom. The van der Waals surface area contributed by atoms with Gasteiger partial charge >= 0.3 is 0 Å². The van der Waals surface area contributed by atoms with Crippen LogP contribution in [0.25, 0.3) is 0 Å². The minimum Gasteiger partial charge on any atom is -0.482 e. The zero-order valence-corrected chi connectivity index (χ0v) is 11.4. The first-order valence-corrected chi connectivity index (χ1v) is 6.17. The molecule has 2 aromatic rings. The quantitative estimate of drug-likeness (QED) is 0.671. The number of hydrogen-bond acceptors (Lipinski definition) is 6. The Labute approximate surface area is 123 Å². The summed E-state index contributed by atoms with van der Waals surface area (Å²) < 4.78 is 10.2. The smallest absolute Gasteiger partial charge is 0.276 e. The number of nitro groups is 1. The maximum Gasteiger partial charge on any atom is 0.276 e. The van der Waals surface area contributed by atoms with Gasteiger partial charge in [-0.05, 0) is 12.1 Å². The molecule has 0 spiro atoms. The number of benzene rings is 1. The second kappa shape index (κ2) is 6.38. The van der Waals surface area contributed by atoms with E-state index in [-0.39, 0.29) is 29.4 Å². The van der Waals surface area contributed by atoms with E-state index in [0.29, 0.717) is 5.02 Å². The van der Waals surface area contributed by atoms with Crippen LogP contribution in [0.4, 0.5) is 5.69 Å². The third-order valence-corrected chi connectivity index (χ3v) is 2.86. The van der Waals surface area contributed by atoms with E-state index in [1.54, 1.807) is 0 Å². The summed E-state index contributed by atoms with van der Waals surface area (Å²) >= 11 is 5.79. The molecule has 0 saturated carbocycles. The highest BCUT2D eigenvalue weighted by atomic mass is 35.5. The standard InChI is InChI=1S/C13H10ClNO6/c14-9-1-2-11(15(18)19)8(3-9)6-21-13-7-20-10(5-16)4-12(13)17/h1-4,7,16H,5-6H2. The van der Waals surface area contributed by atoms with Crippen molar-refractivity contribution in [3.8, 4) is 5.75 Å². The fourth-order valence-electron chi connectivity index (χ4n) is 1.63. The fraction of sp³-hybridized carbons (Fsp3) is 0.154. The molecule has 110 valence electrons. The van der Waals surface area contributed by atoms with Crippen molar-refractivity contribution in [2.45, 2.75) is 13.2 Å². The van der Waals surface area contributed by atoms with Crippen LogP contribution < -0.4 is 10.2 Å². The number of nitrogens with zero attached hydrogens (tertiary/aromatic N) is 1. The summed E-state index contributed by atoms with van der Waals surface area (Å²) in [5.41, 5.74) is -0.413. The molecule has 7 nitrogen and oxygen atoms in total. The Morgan fingerprint density at radius 1 is 1.38 bits per heavy atom. The molecule has 0 aliphatic heterocycles. The topological polar surface area (TPSA) is 103 Å². The van der Waals surface area contributed by atoms with E-state index in [9.17, 15) is 14.9 Å². The predicted octanol–water partition coefficient (Wildman–Crippen LogP) is 2.27. The third kappa shape index (κ3) is 3.59. The van der Waals surface area contributed by atoms with Gasteiger partial charge in [0.25, 0.3) is 5.69 Å². The van der Waals surface area contributed by atoms with Gasteiger partial charge in [0.15, 0.2) is 0 Å². The second-order valence-electron chi connectivity index (χ2n) is 4.05. The molecule has 0 unspecified atom stereocenters. The van der Waals surface area contributed by atoms with Crippen molar-refractivity contribution < 1.29 is 19.2 Å². The number of halogens is 1. The van der Waals surface area contributed by atoms with Crippen LogP contribution in [0.3, 0.4) is 0 Å². The van der Waals surface area contributed by atoms with Crippen LogP contribution in [0.15, 0.2) is 39.7 Å². The molecule has 1 heterocycles. The van der Waals surface area contributed by atoms with E-state index < -0.39 is 17.0 Å². The van der Waals surface area contributed by atoms with Crippen LogP contribution >= 0.6 is 11.6 Å². The van der Waals surface area contributed by atoms with E-state index in [0.717, 1.165) is 12.3 Å². The average Bonchev–Trinajstić information content (AvgIpc) is 2.45. The number of aliphatic hydroxyl groups excluding tert-OH is 1. The molecule has 1 aromatic carbocycles. The lowest BCUT2D eigenvalue weighted by Gasteiger charge is -2.06. The van der Waals surface area contributed by atoms with Crippen molar-refractivity contribution in [1.29, 1.82) is 0 Å². The normalized spacial score (nSPS) is 10.4. The lowest BCUT2D eigenvalue weighted by molar-refractivity contribution is -0.385. The van der Waals surface area contributed by atoms with Gasteiger partial charge in [-0.1, -0.05) is 11.6 Å². The molecule has 21 heavy (non-hydrogen) atoms. The largest absolute Gasteiger partial charge is 0.482 e. The van der Waals surface area contributed by atoms with Crippen molar-refractivity contribution >= 4 is 17.3 Å². The summed E-state index contributed by atoms with van der Waals surface area (Å²) in [6.45, 7) is -0.616. The lowest BCUT2D eigenvalue weighted by Crippen LogP contribution is -2.09. The highest BCUT2D eigenvalue weighted by Gasteiger charge is 2.15. The van der Waals surface area contributed by atoms with Crippen molar-refractivity contribution in [3.05, 3.63) is 67.2 Å². The molecule has 0 fully saturated rings. The number of nitro benzene ring substituents is 1. The van der Waals surface area contributed by atoms with Gasteiger partial charge in [-0.2, -0.15) is 0 Å². The van der Waals surface area contributed by atoms with Gasteiger partial charge in [-0.25, -0.2) is 0 Å². The molecule has 1 N–H and O–H groups in total. The lowest BCUT2D eigenvalue weighted by atomic mass is 10.2. The number of ether oxygens (including phenoxy) is 1. The fourth-order valence-corrected chi connectivity index (χ4v) is 1.82. The van der Waals surface area contributed by atoms with Crippen LogP contribution in [-0.4, -0.2) is 10.0 Å². The molecule has 0 amide bonds. The first kappa shape index (κ1) is 15.0. The highest BCUT2D eigenvalue weighted by molar-refractivity contribution is 6.30. The van der Waals surface area contributed by atoms with E-state index in [4.69, 9.17) is 25.9 Å². The van der Waals surface area contributed by atoms with Crippen molar-refractivity contribution in [2.75, 3.05) is 0 Å². The Morgan fingerprint density at radius 2 is 2.14 bits per heavy atom. The molecular weight excluding hydrogens is 302 g/mol. The summed E-state index contributed by atoms with van der Waals surface area (Å²) in [6.07, 6.45) is 1.05. The van der Waals surface area contributed by atoms with Crippen molar-refractivity contribution in [1.82, 2.24) is 0 Å². The van der Waals surface area contributed by atoms with Crippen LogP contribution in [0.1, 0.15) is 11.3 Å². The second-order valence-corrected chi connectivity index (χ2v) is 4.49. The molecular formula is C13H10ClNO6. The number of aliphatic hydroxyl groups is 1. The van der Waals surface area contributed by atoms with Gasteiger partial charge in [0, 0.05) is 17.2 Å². The zero-order chi connectivity index (χ0) is 15.4. The minimum absolute atomic E-state index is 0.0982. The summed E-state index contributed by atoms with van der Waals surface area (Å²) in [6, 6.07) is 5.14. The van der Waals surface area contributed by atoms with Gasteiger partial charge < -0.3 is 14.3 Å². The third-order valence-electron chi connectivity index (χ3n) is 2.63. The summed E-state index contributed by atoms with van der Waals surface area (Å²) in [5, 5.41) is 20.0. The minimum atomic E-state index is -0.563. The van der Waals surface area contributed by atoms with E-state index in [1.807, 2.05) is 0 Å². The summed E-state index contributed by atoms with van der Waals surface area (Å²) in [4.78, 5) is 22.0. The van der Waals surface area contributed by atoms with E-state index in [2.05, 4.69) is 0 Å². The van der Waals surface area contributed by atoms with Gasteiger partial charge in [0.1, 0.15) is 25.2 Å². The Hall–Kier alpha value is -2.38. The first-order chi connectivity index (χ1) is 10.0. The van der Waals surface area contributed by atoms with Gasteiger partial charge in [-0.15, -0.1) is 0 Å². The molecule has 0 bridgehead atoms. The Bertz CT molecular complexity index is 727. The maximum absolute atomic E-state index is 11.6. The van der Waals surface area contributed by atoms with Crippen molar-refractivity contribution in [2.24, 2.45) is 0 Å². The van der Waals surface area contributed by atoms with Gasteiger partial charge in [0.2, 0.25) is 11.2 Å². The maximum atomic E-state index is 11.6. The summed E-state index contributed by atoms with van der Waals surface area (Å²) in [5.74, 6) is -0.0115. The first-order valence-electron chi connectivity index (χ1n) is 5.79. The SMILES string of the molecule is O=c1cc(CO)occ1OCc1cc(Cl)ccc1[N+](=O)[O-]. The molecule has 8 heteroatoms. The molecule has 1 aromatic heterocycles. The molecule has 0 aliphatic carbocycles. The van der Waals surface area contributed by atoms with Gasteiger partial charge in [-0.3, -0.25) is 14.9 Å². The Kier molecular flexibility index (Phi) is 4.56. The van der Waals surface area contributed by atoms with Crippen molar-refractivity contribution in [3.63, 3.8) is 0 Å². The zero-order valence-electron chi connectivity index (χ0n) is 10.6. The number of rotatable bonds is 5. The average molecular weight is 312 g/mol. The molecule has 0 aliphatic rings. The molecule has 0 saturated heterocycles. The van der Waals surface area contributed by atoms with E-state index in [1.165, 1.54) is 18.2 Å². The predicted molar refractivity (Wildman–Crippen MR) is 73.3 cm³/mol. The summed E-state index contributed by atoms with van der Waals surface area (Å²) in [7, 11) is 0. The molecule has 2 rings (SSSR count). The number of hydrogen-bond donors (Lipinski definition) is 1. The Balaban J connectivity index is 2.22. The molecule has 0 atom stereocenters. The van der Waals surface area contributed by atoms with Crippen LogP contribution in [0, 0.1) is 10.1 Å². The van der Waals surface area contributed by atoms with Crippen LogP contribution in [-0.2, 0) is 13.2 Å². The van der Waals surface area contributed by atoms with Crippen LogP contribution in [0.2, 0.25) is 5.02 Å². The van der Waals surface area contributed by atoms with Crippen LogP contribution in [0.5, 0.6) is 5.75 Å². The monoisotopic (exact) mass is 311 g/mol.